The zero-order valence-electron chi connectivity index (χ0n) is 12.3. The molecule has 4 nitrogen and oxygen atoms in total. The lowest BCUT2D eigenvalue weighted by Gasteiger charge is -2.37. The molecule has 0 amide bonds. The number of hydrogen-bond acceptors (Lipinski definition) is 3. The van der Waals surface area contributed by atoms with Crippen LogP contribution in [0.25, 0.3) is 11.0 Å². The Labute approximate surface area is 124 Å². The van der Waals surface area contributed by atoms with E-state index in [0.29, 0.717) is 12.1 Å². The third-order valence-corrected chi connectivity index (χ3v) is 4.39. The van der Waals surface area contributed by atoms with Crippen molar-refractivity contribution in [3.05, 3.63) is 29.8 Å². The standard InChI is InChI=1S/C16H22FN3O/c1-2-14(21)13-8-3-4-9-20(13)10-15-18-12-7-5-6-11(17)16(12)19-15/h5-7,13-14,21H,2-4,8-10H2,1H3,(H,18,19). The highest BCUT2D eigenvalue weighted by molar-refractivity contribution is 5.75. The molecule has 0 spiro atoms. The summed E-state index contributed by atoms with van der Waals surface area (Å²) in [6, 6.07) is 5.13. The minimum atomic E-state index is -0.300. The number of nitrogens with one attached hydrogen (secondary N) is 1. The van der Waals surface area contributed by atoms with Crippen molar-refractivity contribution in [1.82, 2.24) is 14.9 Å². The van der Waals surface area contributed by atoms with Crippen LogP contribution in [0.1, 0.15) is 38.4 Å². The Morgan fingerprint density at radius 2 is 2.33 bits per heavy atom. The molecule has 0 radical (unpaired) electrons. The summed E-state index contributed by atoms with van der Waals surface area (Å²) in [4.78, 5) is 9.83. The van der Waals surface area contributed by atoms with Crippen LogP contribution >= 0.6 is 0 Å². The van der Waals surface area contributed by atoms with Gasteiger partial charge in [0.25, 0.3) is 0 Å². The second-order valence-corrected chi connectivity index (χ2v) is 5.83. The van der Waals surface area contributed by atoms with E-state index in [1.165, 1.54) is 6.07 Å². The Balaban J connectivity index is 1.81. The molecule has 2 aromatic rings. The molecule has 2 unspecified atom stereocenters. The van der Waals surface area contributed by atoms with E-state index >= 15 is 0 Å². The van der Waals surface area contributed by atoms with E-state index < -0.39 is 0 Å². The molecular formula is C16H22FN3O. The summed E-state index contributed by atoms with van der Waals surface area (Å²) in [6.45, 7) is 3.60. The molecule has 0 aliphatic carbocycles. The fraction of sp³-hybridized carbons (Fsp3) is 0.562. The van der Waals surface area contributed by atoms with Gasteiger partial charge in [-0.05, 0) is 37.9 Å². The smallest absolute Gasteiger partial charge is 0.151 e. The summed E-state index contributed by atoms with van der Waals surface area (Å²) < 4.78 is 13.7. The third kappa shape index (κ3) is 2.94. The number of aromatic nitrogens is 2. The van der Waals surface area contributed by atoms with Crippen LogP contribution < -0.4 is 0 Å². The number of aliphatic hydroxyl groups excluding tert-OH is 1. The number of hydrogen-bond donors (Lipinski definition) is 2. The second-order valence-electron chi connectivity index (χ2n) is 5.83. The highest BCUT2D eigenvalue weighted by atomic mass is 19.1. The molecule has 2 heterocycles. The molecule has 1 aromatic carbocycles. The predicted octanol–water partition coefficient (Wildman–Crippen LogP) is 2.83. The zero-order chi connectivity index (χ0) is 14.8. The maximum absolute atomic E-state index is 13.7. The molecule has 114 valence electrons. The molecule has 1 saturated heterocycles. The topological polar surface area (TPSA) is 52.1 Å². The maximum atomic E-state index is 13.7. The number of aromatic amines is 1. The minimum Gasteiger partial charge on any atom is -0.392 e. The summed E-state index contributed by atoms with van der Waals surface area (Å²) in [7, 11) is 0. The fourth-order valence-electron chi connectivity index (χ4n) is 3.24. The van der Waals surface area contributed by atoms with Crippen molar-refractivity contribution in [1.29, 1.82) is 0 Å². The first kappa shape index (κ1) is 14.5. The van der Waals surface area contributed by atoms with Crippen LogP contribution in [0, 0.1) is 5.82 Å². The van der Waals surface area contributed by atoms with Gasteiger partial charge in [-0.3, -0.25) is 4.90 Å². The third-order valence-electron chi connectivity index (χ3n) is 4.39. The summed E-state index contributed by atoms with van der Waals surface area (Å²) in [5.41, 5.74) is 1.13. The van der Waals surface area contributed by atoms with Gasteiger partial charge in [-0.25, -0.2) is 9.37 Å². The van der Waals surface area contributed by atoms with Crippen LogP contribution in [0.15, 0.2) is 18.2 Å². The van der Waals surface area contributed by atoms with E-state index in [4.69, 9.17) is 0 Å². The molecule has 1 aliphatic rings. The van der Waals surface area contributed by atoms with Crippen molar-refractivity contribution < 1.29 is 9.50 Å². The van der Waals surface area contributed by atoms with Crippen molar-refractivity contribution >= 4 is 11.0 Å². The lowest BCUT2D eigenvalue weighted by Crippen LogP contribution is -2.46. The van der Waals surface area contributed by atoms with Gasteiger partial charge in [0.2, 0.25) is 0 Å². The quantitative estimate of drug-likeness (QED) is 0.910. The molecule has 0 saturated carbocycles. The zero-order valence-corrected chi connectivity index (χ0v) is 12.3. The van der Waals surface area contributed by atoms with Gasteiger partial charge in [0.1, 0.15) is 11.3 Å². The Morgan fingerprint density at radius 1 is 1.48 bits per heavy atom. The maximum Gasteiger partial charge on any atom is 0.151 e. The number of para-hydroxylation sites is 1. The first-order chi connectivity index (χ1) is 10.2. The average molecular weight is 291 g/mol. The molecule has 1 aliphatic heterocycles. The number of fused-ring (bicyclic) bond motifs is 1. The molecule has 3 rings (SSSR count). The predicted molar refractivity (Wildman–Crippen MR) is 80.4 cm³/mol. The summed E-state index contributed by atoms with van der Waals surface area (Å²) in [6.07, 6.45) is 3.78. The van der Waals surface area contributed by atoms with Gasteiger partial charge >= 0.3 is 0 Å². The molecule has 5 heteroatoms. The van der Waals surface area contributed by atoms with Gasteiger partial charge < -0.3 is 10.1 Å². The Kier molecular flexibility index (Phi) is 4.22. The van der Waals surface area contributed by atoms with Gasteiger partial charge in [0.05, 0.1) is 18.2 Å². The molecule has 0 bridgehead atoms. The van der Waals surface area contributed by atoms with Crippen molar-refractivity contribution in [2.45, 2.75) is 51.3 Å². The van der Waals surface area contributed by atoms with Crippen LogP contribution in [0.5, 0.6) is 0 Å². The monoisotopic (exact) mass is 291 g/mol. The van der Waals surface area contributed by atoms with Crippen molar-refractivity contribution in [3.8, 4) is 0 Å². The van der Waals surface area contributed by atoms with Crippen molar-refractivity contribution in [2.75, 3.05) is 6.54 Å². The van der Waals surface area contributed by atoms with E-state index in [2.05, 4.69) is 14.9 Å². The highest BCUT2D eigenvalue weighted by Crippen LogP contribution is 2.24. The molecular weight excluding hydrogens is 269 g/mol. The van der Waals surface area contributed by atoms with Gasteiger partial charge in [-0.2, -0.15) is 0 Å². The van der Waals surface area contributed by atoms with Crippen LogP contribution in [0.3, 0.4) is 0 Å². The Morgan fingerprint density at radius 3 is 3.10 bits per heavy atom. The van der Waals surface area contributed by atoms with E-state index in [1.807, 2.05) is 13.0 Å². The second kappa shape index (κ2) is 6.12. The first-order valence-electron chi connectivity index (χ1n) is 7.74. The number of rotatable bonds is 4. The number of H-pyrrole nitrogens is 1. The number of imidazole rings is 1. The Hall–Kier alpha value is -1.46. The minimum absolute atomic E-state index is 0.182. The lowest BCUT2D eigenvalue weighted by molar-refractivity contribution is 0.0184. The lowest BCUT2D eigenvalue weighted by atomic mass is 9.96. The summed E-state index contributed by atoms with van der Waals surface area (Å²) in [5, 5.41) is 10.2. The van der Waals surface area contributed by atoms with E-state index in [-0.39, 0.29) is 18.0 Å². The fourth-order valence-corrected chi connectivity index (χ4v) is 3.24. The molecule has 21 heavy (non-hydrogen) atoms. The first-order valence-corrected chi connectivity index (χ1v) is 7.74. The summed E-state index contributed by atoms with van der Waals surface area (Å²) in [5.74, 6) is 0.476. The van der Waals surface area contributed by atoms with E-state index in [9.17, 15) is 9.50 Å². The summed E-state index contributed by atoms with van der Waals surface area (Å²) >= 11 is 0. The number of aliphatic hydroxyl groups is 1. The van der Waals surface area contributed by atoms with Crippen LogP contribution in [0.4, 0.5) is 4.39 Å². The average Bonchev–Trinajstić information content (AvgIpc) is 2.91. The van der Waals surface area contributed by atoms with Gasteiger partial charge in [0, 0.05) is 6.04 Å². The van der Waals surface area contributed by atoms with Crippen LogP contribution in [0.2, 0.25) is 0 Å². The number of nitrogens with zero attached hydrogens (tertiary/aromatic N) is 2. The van der Waals surface area contributed by atoms with Crippen molar-refractivity contribution in [2.24, 2.45) is 0 Å². The molecule has 1 aromatic heterocycles. The molecule has 2 N–H and O–H groups in total. The van der Waals surface area contributed by atoms with Crippen LogP contribution in [-0.2, 0) is 6.54 Å². The molecule has 1 fully saturated rings. The van der Waals surface area contributed by atoms with E-state index in [0.717, 1.165) is 43.6 Å². The number of piperidine rings is 1. The van der Waals surface area contributed by atoms with Crippen molar-refractivity contribution in [3.63, 3.8) is 0 Å². The van der Waals surface area contributed by atoms with Crippen LogP contribution in [-0.4, -0.2) is 38.7 Å². The normalized spacial score (nSPS) is 21.8. The largest absolute Gasteiger partial charge is 0.392 e. The van der Waals surface area contributed by atoms with Gasteiger partial charge in [-0.15, -0.1) is 0 Å². The van der Waals surface area contributed by atoms with Gasteiger partial charge in [0.15, 0.2) is 5.82 Å². The SMILES string of the molecule is CCC(O)C1CCCCN1Cc1nc2c(F)cccc2[nH]1. The van der Waals surface area contributed by atoms with Gasteiger partial charge in [-0.1, -0.05) is 19.4 Å². The molecule has 2 atom stereocenters. The number of benzene rings is 1. The highest BCUT2D eigenvalue weighted by Gasteiger charge is 2.28. The Bertz CT molecular complexity index is 613. The number of likely N-dealkylation sites (tertiary alicyclic amines) is 1. The number of halogens is 1. The van der Waals surface area contributed by atoms with E-state index in [1.54, 1.807) is 6.07 Å².